The Morgan fingerprint density at radius 1 is 1.13 bits per heavy atom. The third kappa shape index (κ3) is 1.63. The lowest BCUT2D eigenvalue weighted by atomic mass is 9.97. The lowest BCUT2D eigenvalue weighted by Crippen LogP contribution is -2.07. The van der Waals surface area contributed by atoms with Gasteiger partial charge in [0.25, 0.3) is 0 Å². The summed E-state index contributed by atoms with van der Waals surface area (Å²) >= 11 is 0. The number of aromatic hydroxyl groups is 1. The van der Waals surface area contributed by atoms with Gasteiger partial charge in [0.15, 0.2) is 0 Å². The topological polar surface area (TPSA) is 66.8 Å². The fraction of sp³-hybridized carbons (Fsp3) is 0.364. The first-order valence-corrected chi connectivity index (χ1v) is 4.51. The number of methoxy groups -OCH3 is 1. The van der Waals surface area contributed by atoms with Gasteiger partial charge in [-0.1, -0.05) is 0 Å². The number of aromatic carboxylic acids is 1. The molecule has 0 aromatic heterocycles. The first-order chi connectivity index (χ1) is 6.91. The standard InChI is InChI=1S/C11H14O4/c1-5-6(2)9(12)7(3)10(15-4)8(5)11(13)14/h12H,1-4H3,(H,13,14). The van der Waals surface area contributed by atoms with E-state index >= 15 is 0 Å². The summed E-state index contributed by atoms with van der Waals surface area (Å²) in [4.78, 5) is 11.1. The number of rotatable bonds is 2. The van der Waals surface area contributed by atoms with Crippen LogP contribution in [0.4, 0.5) is 0 Å². The van der Waals surface area contributed by atoms with Crippen molar-refractivity contribution in [1.82, 2.24) is 0 Å². The van der Waals surface area contributed by atoms with Crippen LogP contribution in [0, 0.1) is 20.8 Å². The molecule has 0 unspecified atom stereocenters. The molecule has 0 aliphatic rings. The number of carboxylic acid groups (broad SMARTS) is 1. The minimum atomic E-state index is -1.05. The largest absolute Gasteiger partial charge is 0.507 e. The second-order valence-electron chi connectivity index (χ2n) is 3.44. The maximum absolute atomic E-state index is 11.1. The van der Waals surface area contributed by atoms with E-state index in [2.05, 4.69) is 0 Å². The van der Waals surface area contributed by atoms with Crippen LogP contribution in [-0.4, -0.2) is 23.3 Å². The summed E-state index contributed by atoms with van der Waals surface area (Å²) in [7, 11) is 1.39. The Morgan fingerprint density at radius 3 is 2.07 bits per heavy atom. The van der Waals surface area contributed by atoms with Crippen LogP contribution in [0.2, 0.25) is 0 Å². The zero-order valence-electron chi connectivity index (χ0n) is 9.21. The molecule has 0 fully saturated rings. The van der Waals surface area contributed by atoms with Gasteiger partial charge in [-0.25, -0.2) is 4.79 Å². The number of benzene rings is 1. The molecule has 0 spiro atoms. The van der Waals surface area contributed by atoms with Crippen LogP contribution in [0.3, 0.4) is 0 Å². The number of phenols is 1. The average Bonchev–Trinajstić information content (AvgIpc) is 2.19. The first-order valence-electron chi connectivity index (χ1n) is 4.51. The molecule has 0 aliphatic carbocycles. The van der Waals surface area contributed by atoms with Crippen molar-refractivity contribution in [3.63, 3.8) is 0 Å². The van der Waals surface area contributed by atoms with Crippen LogP contribution in [0.5, 0.6) is 11.5 Å². The van der Waals surface area contributed by atoms with E-state index in [1.807, 2.05) is 0 Å². The van der Waals surface area contributed by atoms with E-state index in [-0.39, 0.29) is 17.1 Å². The molecule has 4 nitrogen and oxygen atoms in total. The Kier molecular flexibility index (Phi) is 2.88. The predicted molar refractivity (Wildman–Crippen MR) is 55.8 cm³/mol. The van der Waals surface area contributed by atoms with E-state index in [9.17, 15) is 9.90 Å². The molecule has 0 bridgehead atoms. The normalized spacial score (nSPS) is 10.1. The Balaban J connectivity index is 3.70. The van der Waals surface area contributed by atoms with Gasteiger partial charge in [-0.3, -0.25) is 0 Å². The first kappa shape index (κ1) is 11.4. The van der Waals surface area contributed by atoms with E-state index < -0.39 is 5.97 Å². The van der Waals surface area contributed by atoms with Gasteiger partial charge in [0.2, 0.25) is 0 Å². The summed E-state index contributed by atoms with van der Waals surface area (Å²) in [5.74, 6) is -0.729. The van der Waals surface area contributed by atoms with Crippen LogP contribution in [0.25, 0.3) is 0 Å². The van der Waals surface area contributed by atoms with E-state index in [4.69, 9.17) is 9.84 Å². The van der Waals surface area contributed by atoms with Crippen molar-refractivity contribution in [2.24, 2.45) is 0 Å². The monoisotopic (exact) mass is 210 g/mol. The van der Waals surface area contributed by atoms with Gasteiger partial charge in [-0.2, -0.15) is 0 Å². The highest BCUT2D eigenvalue weighted by Gasteiger charge is 2.21. The zero-order valence-corrected chi connectivity index (χ0v) is 9.21. The van der Waals surface area contributed by atoms with Gasteiger partial charge >= 0.3 is 5.97 Å². The fourth-order valence-electron chi connectivity index (χ4n) is 1.62. The van der Waals surface area contributed by atoms with Crippen LogP contribution in [-0.2, 0) is 0 Å². The number of hydrogen-bond acceptors (Lipinski definition) is 3. The summed E-state index contributed by atoms with van der Waals surface area (Å²) in [5.41, 5.74) is 1.68. The van der Waals surface area contributed by atoms with Crippen LogP contribution < -0.4 is 4.74 Å². The second kappa shape index (κ2) is 3.81. The molecule has 0 saturated carbocycles. The third-order valence-electron chi connectivity index (χ3n) is 2.63. The second-order valence-corrected chi connectivity index (χ2v) is 3.44. The molecule has 4 heteroatoms. The van der Waals surface area contributed by atoms with Gasteiger partial charge in [-0.05, 0) is 31.9 Å². The summed E-state index contributed by atoms with van der Waals surface area (Å²) < 4.78 is 5.01. The Hall–Kier alpha value is -1.71. The average molecular weight is 210 g/mol. The Labute approximate surface area is 88.1 Å². The van der Waals surface area contributed by atoms with Crippen molar-refractivity contribution >= 4 is 5.97 Å². The number of carboxylic acids is 1. The van der Waals surface area contributed by atoms with Gasteiger partial charge in [0, 0.05) is 5.56 Å². The summed E-state index contributed by atoms with van der Waals surface area (Å²) in [6, 6.07) is 0. The van der Waals surface area contributed by atoms with Crippen LogP contribution >= 0.6 is 0 Å². The predicted octanol–water partition coefficient (Wildman–Crippen LogP) is 2.02. The molecule has 0 aliphatic heterocycles. The van der Waals surface area contributed by atoms with Crippen molar-refractivity contribution in [3.8, 4) is 11.5 Å². The molecule has 15 heavy (non-hydrogen) atoms. The van der Waals surface area contributed by atoms with Crippen molar-refractivity contribution in [1.29, 1.82) is 0 Å². The van der Waals surface area contributed by atoms with Crippen LogP contribution in [0.1, 0.15) is 27.0 Å². The van der Waals surface area contributed by atoms with E-state index in [1.54, 1.807) is 20.8 Å². The molecule has 2 N–H and O–H groups in total. The number of hydrogen-bond donors (Lipinski definition) is 2. The lowest BCUT2D eigenvalue weighted by Gasteiger charge is -2.15. The van der Waals surface area contributed by atoms with Gasteiger partial charge in [-0.15, -0.1) is 0 Å². The highest BCUT2D eigenvalue weighted by atomic mass is 16.5. The van der Waals surface area contributed by atoms with Crippen molar-refractivity contribution in [3.05, 3.63) is 22.3 Å². The van der Waals surface area contributed by atoms with Crippen molar-refractivity contribution in [2.45, 2.75) is 20.8 Å². The van der Waals surface area contributed by atoms with E-state index in [0.717, 1.165) is 0 Å². The number of phenolic OH excluding ortho intramolecular Hbond substituents is 1. The lowest BCUT2D eigenvalue weighted by molar-refractivity contribution is 0.0692. The smallest absolute Gasteiger partial charge is 0.339 e. The molecular weight excluding hydrogens is 196 g/mol. The molecule has 0 heterocycles. The van der Waals surface area contributed by atoms with Crippen molar-refractivity contribution in [2.75, 3.05) is 7.11 Å². The van der Waals surface area contributed by atoms with Gasteiger partial charge in [0.05, 0.1) is 7.11 Å². The minimum Gasteiger partial charge on any atom is -0.507 e. The SMILES string of the molecule is COc1c(C)c(O)c(C)c(C)c1C(=O)O. The third-order valence-corrected chi connectivity index (χ3v) is 2.63. The molecule has 1 aromatic rings. The number of ether oxygens (including phenoxy) is 1. The summed E-state index contributed by atoms with van der Waals surface area (Å²) in [6.07, 6.45) is 0. The molecule has 0 saturated heterocycles. The highest BCUT2D eigenvalue weighted by molar-refractivity contribution is 5.94. The molecule has 0 atom stereocenters. The highest BCUT2D eigenvalue weighted by Crippen LogP contribution is 2.36. The van der Waals surface area contributed by atoms with Crippen LogP contribution in [0.15, 0.2) is 0 Å². The van der Waals surface area contributed by atoms with E-state index in [0.29, 0.717) is 16.7 Å². The Bertz CT molecular complexity index is 421. The molecule has 1 aromatic carbocycles. The molecule has 0 amide bonds. The molecule has 1 rings (SSSR count). The Morgan fingerprint density at radius 2 is 1.67 bits per heavy atom. The quantitative estimate of drug-likeness (QED) is 0.783. The maximum atomic E-state index is 11.1. The van der Waals surface area contributed by atoms with Gasteiger partial charge in [0.1, 0.15) is 17.1 Å². The summed E-state index contributed by atoms with van der Waals surface area (Å²) in [6.45, 7) is 4.97. The fourth-order valence-corrected chi connectivity index (χ4v) is 1.62. The molecule has 0 radical (unpaired) electrons. The maximum Gasteiger partial charge on any atom is 0.339 e. The molecular formula is C11H14O4. The number of carbonyl (C=O) groups is 1. The zero-order chi connectivity index (χ0) is 11.7. The van der Waals surface area contributed by atoms with E-state index in [1.165, 1.54) is 7.11 Å². The summed E-state index contributed by atoms with van der Waals surface area (Å²) in [5, 5.41) is 18.8. The van der Waals surface area contributed by atoms with Crippen molar-refractivity contribution < 1.29 is 19.7 Å². The minimum absolute atomic E-state index is 0.0920. The molecule has 82 valence electrons. The van der Waals surface area contributed by atoms with Gasteiger partial charge < -0.3 is 14.9 Å².